The minimum absolute atomic E-state index is 0.00909. The van der Waals surface area contributed by atoms with E-state index in [1.54, 1.807) is 6.07 Å². The van der Waals surface area contributed by atoms with Crippen molar-refractivity contribution in [2.45, 2.75) is 115 Å². The number of ether oxygens (including phenoxy) is 4. The molecule has 58 heavy (non-hydrogen) atoms. The first-order valence-corrected chi connectivity index (χ1v) is 21.4. The number of benzene rings is 1. The Hall–Kier alpha value is -4.08. The molecule has 2 aliphatic heterocycles. The van der Waals surface area contributed by atoms with Crippen LogP contribution in [0.15, 0.2) is 18.2 Å². The van der Waals surface area contributed by atoms with Crippen LogP contribution in [0.25, 0.3) is 10.9 Å². The number of carbonyl (C=O) groups excluding carboxylic acids is 3. The fourth-order valence-electron chi connectivity index (χ4n) is 9.06. The lowest BCUT2D eigenvalue weighted by Gasteiger charge is -2.35. The highest BCUT2D eigenvalue weighted by molar-refractivity contribution is 6.36. The number of amides is 3. The van der Waals surface area contributed by atoms with Gasteiger partial charge in [-0.3, -0.25) is 14.5 Å². The lowest BCUT2D eigenvalue weighted by molar-refractivity contribution is -0.146. The lowest BCUT2D eigenvalue weighted by Crippen LogP contribution is -2.59. The van der Waals surface area contributed by atoms with E-state index in [1.807, 2.05) is 39.8 Å². The van der Waals surface area contributed by atoms with E-state index >= 15 is 0 Å². The number of hydrogen-bond donors (Lipinski definition) is 4. The molecule has 4 N–H and O–H groups in total. The average molecular weight is 825 g/mol. The number of aliphatic carboxylic acids is 1. The van der Waals surface area contributed by atoms with Gasteiger partial charge in [0.05, 0.1) is 25.3 Å². The van der Waals surface area contributed by atoms with E-state index in [4.69, 9.17) is 35.5 Å². The van der Waals surface area contributed by atoms with Crippen LogP contribution in [0, 0.1) is 23.2 Å². The molecule has 0 radical (unpaired) electrons. The van der Waals surface area contributed by atoms with Gasteiger partial charge >= 0.3 is 12.1 Å². The number of rotatable bonds is 15. The van der Waals surface area contributed by atoms with Crippen LogP contribution in [-0.4, -0.2) is 126 Å². The van der Waals surface area contributed by atoms with Gasteiger partial charge in [-0.2, -0.15) is 0 Å². The van der Waals surface area contributed by atoms with Crippen LogP contribution in [-0.2, 0) is 23.9 Å². The number of morpholine rings is 1. The minimum Gasteiger partial charge on any atom is -0.491 e. The van der Waals surface area contributed by atoms with Crippen LogP contribution >= 0.6 is 11.6 Å². The van der Waals surface area contributed by atoms with Crippen molar-refractivity contribution in [1.82, 2.24) is 25.4 Å². The monoisotopic (exact) mass is 824 g/mol. The molecule has 4 saturated carbocycles. The summed E-state index contributed by atoms with van der Waals surface area (Å²) < 4.78 is 24.1. The van der Waals surface area contributed by atoms with E-state index in [2.05, 4.69) is 20.9 Å². The first-order valence-electron chi connectivity index (χ1n) is 21.0. The first kappa shape index (κ1) is 40.7. The zero-order chi connectivity index (χ0) is 40.9. The van der Waals surface area contributed by atoms with Crippen molar-refractivity contribution in [3.63, 3.8) is 0 Å². The highest BCUT2D eigenvalue weighted by Crippen LogP contribution is 2.52. The quantitative estimate of drug-likeness (QED) is 0.193. The fourth-order valence-corrected chi connectivity index (χ4v) is 9.32. The van der Waals surface area contributed by atoms with Crippen molar-refractivity contribution < 1.29 is 43.2 Å². The smallest absolute Gasteiger partial charge is 0.408 e. The van der Waals surface area contributed by atoms with Gasteiger partial charge in [0, 0.05) is 43.5 Å². The molecule has 0 spiro atoms. The Bertz CT molecular complexity index is 1910. The van der Waals surface area contributed by atoms with Gasteiger partial charge in [-0.05, 0) is 73.8 Å². The Morgan fingerprint density at radius 1 is 1.05 bits per heavy atom. The molecule has 1 aromatic carbocycles. The van der Waals surface area contributed by atoms with Gasteiger partial charge in [0.2, 0.25) is 11.8 Å². The van der Waals surface area contributed by atoms with E-state index in [0.29, 0.717) is 77.7 Å². The number of carboxylic acid groups (broad SMARTS) is 1. The molecule has 8 atom stereocenters. The van der Waals surface area contributed by atoms with Crippen LogP contribution in [0.3, 0.4) is 0 Å². The third-order valence-corrected chi connectivity index (χ3v) is 13.2. The molecule has 6 aliphatic rings. The second-order valence-electron chi connectivity index (χ2n) is 18.3. The van der Waals surface area contributed by atoms with Gasteiger partial charge in [-0.15, -0.1) is 0 Å². The van der Waals surface area contributed by atoms with Crippen molar-refractivity contribution >= 4 is 52.2 Å². The number of hydrogen-bond acceptors (Lipinski definition) is 11. The highest BCUT2D eigenvalue weighted by atomic mass is 35.5. The first-order chi connectivity index (χ1) is 27.7. The Labute approximate surface area is 344 Å². The number of likely N-dealkylation sites (tertiary alicyclic amines) is 1. The molecule has 4 aliphatic carbocycles. The molecule has 15 nitrogen and oxygen atoms in total. The maximum atomic E-state index is 14.7. The van der Waals surface area contributed by atoms with E-state index in [-0.39, 0.29) is 31.0 Å². The number of nitrogens with one attached hydrogen (secondary N) is 3. The van der Waals surface area contributed by atoms with Crippen molar-refractivity contribution in [1.29, 1.82) is 0 Å². The number of nitrogens with zero attached hydrogens (tertiary/aromatic N) is 3. The molecule has 6 fully saturated rings. The minimum atomic E-state index is -1.39. The van der Waals surface area contributed by atoms with Crippen molar-refractivity contribution in [3.05, 3.63) is 23.2 Å². The molecule has 1 aromatic heterocycles. The molecule has 0 bridgehead atoms. The number of fused-ring (bicyclic) bond motifs is 2. The van der Waals surface area contributed by atoms with Crippen LogP contribution in [0.2, 0.25) is 5.02 Å². The maximum absolute atomic E-state index is 14.7. The summed E-state index contributed by atoms with van der Waals surface area (Å²) in [5, 5.41) is 20.2. The fraction of sp³-hybridized carbons (Fsp3) is 0.690. The van der Waals surface area contributed by atoms with Crippen molar-refractivity contribution in [2.75, 3.05) is 51.3 Å². The number of aromatic nitrogens is 1. The summed E-state index contributed by atoms with van der Waals surface area (Å²) in [7, 11) is 0. The molecule has 2 aromatic rings. The van der Waals surface area contributed by atoms with E-state index in [1.165, 1.54) is 11.3 Å². The predicted octanol–water partition coefficient (Wildman–Crippen LogP) is 4.83. The lowest BCUT2D eigenvalue weighted by atomic mass is 9.85. The molecule has 1 unspecified atom stereocenters. The van der Waals surface area contributed by atoms with Gasteiger partial charge < -0.3 is 44.9 Å². The second kappa shape index (κ2) is 16.2. The van der Waals surface area contributed by atoms with Crippen molar-refractivity contribution in [2.24, 2.45) is 23.2 Å². The molecule has 16 heteroatoms. The van der Waals surface area contributed by atoms with Gasteiger partial charge in [-0.25, -0.2) is 14.6 Å². The SMILES string of the molecule is CC[C@@H]1C[C@]1(NC(=O)[C@@H]1C[C@@H](Oc2cc(NC3CC3)nc3c(Cl)c(OCCN4CCOCC4)ccc23)CN1C(=O)[C@@H](NC(=O)OC1C[C@@H]2C[C@@H]2C1)C(C)(C)C)C(=O)O. The summed E-state index contributed by atoms with van der Waals surface area (Å²) in [6.45, 7) is 11.7. The summed E-state index contributed by atoms with van der Waals surface area (Å²) in [4.78, 5) is 63.2. The van der Waals surface area contributed by atoms with Gasteiger partial charge in [0.25, 0.3) is 0 Å². The Balaban J connectivity index is 1.04. The third-order valence-electron chi connectivity index (χ3n) is 12.9. The summed E-state index contributed by atoms with van der Waals surface area (Å²) in [6, 6.07) is 3.63. The van der Waals surface area contributed by atoms with E-state index in [0.717, 1.165) is 45.3 Å². The van der Waals surface area contributed by atoms with Crippen molar-refractivity contribution in [3.8, 4) is 11.5 Å². The summed E-state index contributed by atoms with van der Waals surface area (Å²) >= 11 is 7.00. The Morgan fingerprint density at radius 2 is 1.79 bits per heavy atom. The van der Waals surface area contributed by atoms with E-state index in [9.17, 15) is 24.3 Å². The van der Waals surface area contributed by atoms with Gasteiger partial charge in [-0.1, -0.05) is 45.7 Å². The Kier molecular flexibility index (Phi) is 11.3. The van der Waals surface area contributed by atoms with Crippen LogP contribution in [0.4, 0.5) is 10.6 Å². The zero-order valence-corrected chi connectivity index (χ0v) is 34.6. The van der Waals surface area contributed by atoms with Gasteiger partial charge in [0.15, 0.2) is 0 Å². The average Bonchev–Trinajstić information content (AvgIpc) is 4.15. The number of carboxylic acids is 1. The Morgan fingerprint density at radius 3 is 2.45 bits per heavy atom. The normalized spacial score (nSPS) is 29.6. The summed E-state index contributed by atoms with van der Waals surface area (Å²) in [5.41, 5.74) is -1.66. The summed E-state index contributed by atoms with van der Waals surface area (Å²) in [5.74, 6) is 0.403. The zero-order valence-electron chi connectivity index (χ0n) is 33.9. The summed E-state index contributed by atoms with van der Waals surface area (Å²) in [6.07, 6.45) is 4.33. The van der Waals surface area contributed by atoms with Crippen LogP contribution < -0.4 is 25.4 Å². The molecule has 8 rings (SSSR count). The van der Waals surface area contributed by atoms with E-state index < -0.39 is 53.0 Å². The second-order valence-corrected chi connectivity index (χ2v) is 18.6. The number of anilines is 1. The predicted molar refractivity (Wildman–Crippen MR) is 215 cm³/mol. The molecule has 2 saturated heterocycles. The largest absolute Gasteiger partial charge is 0.491 e. The molecular weight excluding hydrogens is 768 g/mol. The topological polar surface area (TPSA) is 181 Å². The molecule has 3 heterocycles. The number of carbonyl (C=O) groups is 4. The van der Waals surface area contributed by atoms with Gasteiger partial charge in [0.1, 0.15) is 58.8 Å². The molecule has 316 valence electrons. The number of pyridine rings is 1. The third kappa shape index (κ3) is 8.77. The molecule has 3 amide bonds. The standard InChI is InChI=1S/C42H57ClN6O9/c1-5-25-21-42(25,39(52)53)47-37(50)30-19-28(22-49(30)38(51)36(41(2,3)4)46-40(54)58-27-17-23-16-24(23)18-27)57-32-20-33(44-26-6-7-26)45-35-29(32)8-9-31(34(35)43)56-15-12-48-10-13-55-14-11-48/h8-9,20,23-28,30,36H,5-7,10-19,21-22H2,1-4H3,(H,44,45)(H,46,54)(H,47,50)(H,52,53)/t23-,24+,25-,27?,28-,30+,36-,42-/m1/s1. The number of alkyl carbamates (subject to hydrolysis) is 1. The number of halogens is 1. The van der Waals surface area contributed by atoms with Crippen LogP contribution in [0.5, 0.6) is 11.5 Å². The molecular formula is C42H57ClN6O9. The van der Waals surface area contributed by atoms with Crippen LogP contribution in [0.1, 0.15) is 79.1 Å². The highest BCUT2D eigenvalue weighted by Gasteiger charge is 2.61. The maximum Gasteiger partial charge on any atom is 0.408 e.